The molecule has 1 aromatic heterocycles. The number of halogens is 2. The van der Waals surface area contributed by atoms with Crippen molar-refractivity contribution in [3.8, 4) is 11.5 Å². The van der Waals surface area contributed by atoms with Crippen LogP contribution in [0, 0.1) is 0 Å². The molecule has 0 radical (unpaired) electrons. The van der Waals surface area contributed by atoms with E-state index >= 15 is 0 Å². The summed E-state index contributed by atoms with van der Waals surface area (Å²) in [6.45, 7) is 2.07. The number of phenolic OH excluding ortho intramolecular Hbond substituents is 1. The lowest BCUT2D eigenvalue weighted by atomic mass is 9.95. The molecule has 1 unspecified atom stereocenters. The lowest BCUT2D eigenvalue weighted by Crippen LogP contribution is -2.30. The Hall–Kier alpha value is -4.11. The van der Waals surface area contributed by atoms with Gasteiger partial charge in [-0.3, -0.25) is 14.4 Å². The second-order valence-electron chi connectivity index (χ2n) is 11.0. The first-order valence-corrected chi connectivity index (χ1v) is 16.0. The number of alkyl halides is 2. The second-order valence-corrected chi connectivity index (χ2v) is 12.7. The number of ether oxygens (including phenoxy) is 1. The number of nitrogens with zero attached hydrogens (tertiary/aromatic N) is 2. The molecule has 0 bridgehead atoms. The quantitative estimate of drug-likeness (QED) is 0.121. The van der Waals surface area contributed by atoms with Crippen molar-refractivity contribution in [2.45, 2.75) is 18.8 Å². The second kappa shape index (κ2) is 11.1. The Labute approximate surface area is 267 Å². The van der Waals surface area contributed by atoms with Gasteiger partial charge in [-0.05, 0) is 34.0 Å². The number of carbonyl (C=O) groups is 3. The molecular weight excluding hydrogens is 619 g/mol. The highest BCUT2D eigenvalue weighted by Gasteiger charge is 2.38. The summed E-state index contributed by atoms with van der Waals surface area (Å²) < 4.78 is 5.55. The molecule has 0 saturated heterocycles. The van der Waals surface area contributed by atoms with Crippen LogP contribution in [0.5, 0.6) is 11.5 Å². The summed E-state index contributed by atoms with van der Waals surface area (Å²) >= 11 is 13.9. The molecule has 5 aromatic rings. The van der Waals surface area contributed by atoms with Crippen LogP contribution in [0.4, 0.5) is 11.4 Å². The third-order valence-electron chi connectivity index (χ3n) is 8.42. The molecule has 2 amide bonds. The fourth-order valence-corrected chi connectivity index (χ4v) is 7.96. The minimum absolute atomic E-state index is 0.0941. The molecule has 0 saturated carbocycles. The minimum Gasteiger partial charge on any atom is -0.507 e. The van der Waals surface area contributed by atoms with Crippen molar-refractivity contribution in [3.63, 3.8) is 0 Å². The first kappa shape index (κ1) is 28.6. The number of hydrogen-bond donors (Lipinski definition) is 1. The average Bonchev–Trinajstić information content (AvgIpc) is 3.76. The number of phenols is 1. The van der Waals surface area contributed by atoms with E-state index in [2.05, 4.69) is 0 Å². The molecule has 0 aliphatic carbocycles. The topological polar surface area (TPSA) is 87.2 Å². The number of amides is 2. The number of esters is 1. The van der Waals surface area contributed by atoms with Gasteiger partial charge in [0.1, 0.15) is 11.5 Å². The van der Waals surface area contributed by atoms with Crippen molar-refractivity contribution in [2.75, 3.05) is 34.6 Å². The highest BCUT2D eigenvalue weighted by molar-refractivity contribution is 7.16. The van der Waals surface area contributed by atoms with Gasteiger partial charge in [0.25, 0.3) is 11.8 Å². The standard InChI is InChI=1S/C34H26Cl2N2O5S/c1-18(39)43-28-13-26-32(24-9-5-3-7-22(24)28)20(15-36)17-38(26)34(42)30-11-10-29(44-30)33(41)37-16-19(14-35)31-23-8-4-2-6-21(23)27(40)12-25(31)37/h2-13,19-20,40H,14-17H2,1H3/t19?,20-/m1/s1. The molecular formula is C34H26Cl2N2O5S. The highest BCUT2D eigenvalue weighted by atomic mass is 35.5. The number of rotatable bonds is 5. The van der Waals surface area contributed by atoms with E-state index in [1.54, 1.807) is 34.1 Å². The van der Waals surface area contributed by atoms with Crippen molar-refractivity contribution in [1.29, 1.82) is 0 Å². The van der Waals surface area contributed by atoms with Crippen LogP contribution in [-0.2, 0) is 4.79 Å². The van der Waals surface area contributed by atoms with Gasteiger partial charge in [-0.15, -0.1) is 34.5 Å². The van der Waals surface area contributed by atoms with E-state index in [9.17, 15) is 19.5 Å². The van der Waals surface area contributed by atoms with E-state index in [-0.39, 0.29) is 29.4 Å². The minimum atomic E-state index is -0.456. The largest absolute Gasteiger partial charge is 0.507 e. The molecule has 222 valence electrons. The predicted octanol–water partition coefficient (Wildman–Crippen LogP) is 7.65. The summed E-state index contributed by atoms with van der Waals surface area (Å²) in [7, 11) is 0. The van der Waals surface area contributed by atoms with Gasteiger partial charge in [0.15, 0.2) is 0 Å². The maximum Gasteiger partial charge on any atom is 0.308 e. The third-order valence-corrected chi connectivity index (χ3v) is 10.2. The number of hydrogen-bond acceptors (Lipinski definition) is 6. The summed E-state index contributed by atoms with van der Waals surface area (Å²) in [6.07, 6.45) is 0. The molecule has 2 atom stereocenters. The van der Waals surface area contributed by atoms with Crippen molar-refractivity contribution < 1.29 is 24.2 Å². The SMILES string of the molecule is CC(=O)Oc1cc2c(c3ccccc13)[C@H](CCl)CN2C(=O)c1ccc(C(=O)N2CC(CCl)c3c2cc(O)c2ccccc32)s1. The van der Waals surface area contributed by atoms with Gasteiger partial charge in [0, 0.05) is 66.5 Å². The Balaban J connectivity index is 1.23. The van der Waals surface area contributed by atoms with Crippen molar-refractivity contribution in [1.82, 2.24) is 0 Å². The van der Waals surface area contributed by atoms with E-state index in [1.807, 2.05) is 48.5 Å². The van der Waals surface area contributed by atoms with Gasteiger partial charge in [0.2, 0.25) is 0 Å². The molecule has 44 heavy (non-hydrogen) atoms. The Bertz CT molecular complexity index is 2010. The molecule has 7 rings (SSSR count). The van der Waals surface area contributed by atoms with E-state index in [1.165, 1.54) is 6.92 Å². The van der Waals surface area contributed by atoms with E-state index in [4.69, 9.17) is 27.9 Å². The van der Waals surface area contributed by atoms with Gasteiger partial charge in [0.05, 0.1) is 21.1 Å². The average molecular weight is 646 g/mol. The van der Waals surface area contributed by atoms with Gasteiger partial charge in [-0.2, -0.15) is 0 Å². The van der Waals surface area contributed by atoms with Crippen LogP contribution in [-0.4, -0.2) is 47.7 Å². The van der Waals surface area contributed by atoms with Crippen LogP contribution in [0.25, 0.3) is 21.5 Å². The molecule has 3 heterocycles. The first-order chi connectivity index (χ1) is 21.3. The Morgan fingerprint density at radius 1 is 0.773 bits per heavy atom. The fourth-order valence-electron chi connectivity index (χ4n) is 6.55. The number of anilines is 2. The Morgan fingerprint density at radius 3 is 1.77 bits per heavy atom. The van der Waals surface area contributed by atoms with Crippen LogP contribution in [0.3, 0.4) is 0 Å². The molecule has 4 aromatic carbocycles. The molecule has 0 spiro atoms. The monoisotopic (exact) mass is 644 g/mol. The van der Waals surface area contributed by atoms with Crippen LogP contribution in [0.1, 0.15) is 49.2 Å². The lowest BCUT2D eigenvalue weighted by Gasteiger charge is -2.19. The van der Waals surface area contributed by atoms with Gasteiger partial charge in [-0.25, -0.2) is 0 Å². The summed E-state index contributed by atoms with van der Waals surface area (Å²) in [5, 5.41) is 14.0. The Kier molecular flexibility index (Phi) is 7.23. The molecule has 7 nitrogen and oxygen atoms in total. The molecule has 1 N–H and O–H groups in total. The lowest BCUT2D eigenvalue weighted by molar-refractivity contribution is -0.131. The number of aromatic hydroxyl groups is 1. The number of fused-ring (bicyclic) bond motifs is 6. The van der Waals surface area contributed by atoms with Crippen LogP contribution >= 0.6 is 34.5 Å². The summed E-state index contributed by atoms with van der Waals surface area (Å²) in [6, 6.07) is 21.8. The zero-order valence-corrected chi connectivity index (χ0v) is 25.9. The van der Waals surface area contributed by atoms with Gasteiger partial charge < -0.3 is 19.6 Å². The Morgan fingerprint density at radius 2 is 1.25 bits per heavy atom. The van der Waals surface area contributed by atoms with Crippen molar-refractivity contribution >= 4 is 85.2 Å². The molecule has 10 heteroatoms. The fraction of sp³-hybridized carbons (Fsp3) is 0.206. The van der Waals surface area contributed by atoms with Crippen molar-refractivity contribution in [3.05, 3.63) is 93.7 Å². The predicted molar refractivity (Wildman–Crippen MR) is 175 cm³/mol. The zero-order chi connectivity index (χ0) is 30.7. The number of carbonyl (C=O) groups excluding carboxylic acids is 3. The molecule has 0 fully saturated rings. The summed E-state index contributed by atoms with van der Waals surface area (Å²) in [5.74, 6) is -0.115. The van der Waals surface area contributed by atoms with Crippen molar-refractivity contribution in [2.24, 2.45) is 0 Å². The maximum atomic E-state index is 14.0. The van der Waals surface area contributed by atoms with E-state index in [0.29, 0.717) is 57.1 Å². The molecule has 2 aliphatic rings. The smallest absolute Gasteiger partial charge is 0.308 e. The normalized spacial score (nSPS) is 17.2. The van der Waals surface area contributed by atoms with E-state index < -0.39 is 5.97 Å². The summed E-state index contributed by atoms with van der Waals surface area (Å²) in [5.41, 5.74) is 3.13. The maximum absolute atomic E-state index is 14.0. The van der Waals surface area contributed by atoms with Gasteiger partial charge >= 0.3 is 5.97 Å². The van der Waals surface area contributed by atoms with Gasteiger partial charge in [-0.1, -0.05) is 48.5 Å². The van der Waals surface area contributed by atoms with E-state index in [0.717, 1.165) is 38.6 Å². The zero-order valence-electron chi connectivity index (χ0n) is 23.6. The molecule has 2 aliphatic heterocycles. The highest BCUT2D eigenvalue weighted by Crippen LogP contribution is 2.48. The van der Waals surface area contributed by atoms with Crippen LogP contribution < -0.4 is 14.5 Å². The number of benzene rings is 4. The van der Waals surface area contributed by atoms with Crippen LogP contribution in [0.2, 0.25) is 0 Å². The first-order valence-electron chi connectivity index (χ1n) is 14.1. The summed E-state index contributed by atoms with van der Waals surface area (Å²) in [4.78, 5) is 43.9. The number of thiophene rings is 1. The third kappa shape index (κ3) is 4.51. The van der Waals surface area contributed by atoms with Crippen LogP contribution in [0.15, 0.2) is 72.8 Å².